The molecule has 1 aliphatic heterocycles. The SMILES string of the molecule is CCOCC(=O)N1CCO[C@H]2CC[C@H]1[C@@H]2OCC1CC1. The molecular formula is C15H25NO4. The van der Waals surface area contributed by atoms with Crippen LogP contribution in [0.2, 0.25) is 0 Å². The Hall–Kier alpha value is -0.650. The van der Waals surface area contributed by atoms with E-state index in [4.69, 9.17) is 14.2 Å². The molecule has 2 bridgehead atoms. The van der Waals surface area contributed by atoms with E-state index in [1.54, 1.807) is 0 Å². The zero-order valence-electron chi connectivity index (χ0n) is 12.3. The number of rotatable bonds is 6. The molecule has 3 fully saturated rings. The van der Waals surface area contributed by atoms with Crippen molar-refractivity contribution in [2.45, 2.75) is 50.9 Å². The highest BCUT2D eigenvalue weighted by molar-refractivity contribution is 5.78. The summed E-state index contributed by atoms with van der Waals surface area (Å²) < 4.78 is 17.2. The molecule has 1 amide bonds. The second-order valence-electron chi connectivity index (χ2n) is 6.02. The van der Waals surface area contributed by atoms with Crippen LogP contribution in [0.4, 0.5) is 0 Å². The van der Waals surface area contributed by atoms with Gasteiger partial charge in [-0.25, -0.2) is 0 Å². The largest absolute Gasteiger partial charge is 0.374 e. The molecule has 0 spiro atoms. The maximum Gasteiger partial charge on any atom is 0.248 e. The minimum Gasteiger partial charge on any atom is -0.374 e. The quantitative estimate of drug-likeness (QED) is 0.735. The van der Waals surface area contributed by atoms with Gasteiger partial charge in [-0.05, 0) is 38.5 Å². The van der Waals surface area contributed by atoms with Gasteiger partial charge in [0, 0.05) is 19.8 Å². The molecule has 0 unspecified atom stereocenters. The topological polar surface area (TPSA) is 48.0 Å². The average molecular weight is 283 g/mol. The molecule has 3 aliphatic rings. The number of hydrogen-bond acceptors (Lipinski definition) is 4. The van der Waals surface area contributed by atoms with Crippen molar-refractivity contribution in [3.05, 3.63) is 0 Å². The summed E-state index contributed by atoms with van der Waals surface area (Å²) >= 11 is 0. The Morgan fingerprint density at radius 3 is 2.90 bits per heavy atom. The molecule has 0 aromatic heterocycles. The van der Waals surface area contributed by atoms with Crippen molar-refractivity contribution in [1.82, 2.24) is 4.90 Å². The van der Waals surface area contributed by atoms with Gasteiger partial charge in [0.2, 0.25) is 5.91 Å². The summed E-state index contributed by atoms with van der Waals surface area (Å²) in [5.74, 6) is 0.813. The number of nitrogens with zero attached hydrogens (tertiary/aromatic N) is 1. The van der Waals surface area contributed by atoms with Crippen LogP contribution in [-0.4, -0.2) is 62.0 Å². The molecule has 2 saturated carbocycles. The molecule has 5 nitrogen and oxygen atoms in total. The van der Waals surface area contributed by atoms with Gasteiger partial charge in [-0.3, -0.25) is 4.79 Å². The van der Waals surface area contributed by atoms with Crippen LogP contribution in [-0.2, 0) is 19.0 Å². The molecule has 114 valence electrons. The lowest BCUT2D eigenvalue weighted by Crippen LogP contribution is -2.48. The van der Waals surface area contributed by atoms with E-state index in [0.29, 0.717) is 19.8 Å². The summed E-state index contributed by atoms with van der Waals surface area (Å²) in [7, 11) is 0. The molecule has 3 rings (SSSR count). The van der Waals surface area contributed by atoms with Crippen LogP contribution in [0.15, 0.2) is 0 Å². The van der Waals surface area contributed by atoms with E-state index >= 15 is 0 Å². The van der Waals surface area contributed by atoms with E-state index in [1.807, 2.05) is 11.8 Å². The first-order valence-electron chi connectivity index (χ1n) is 7.90. The van der Waals surface area contributed by atoms with E-state index < -0.39 is 0 Å². The molecule has 3 atom stereocenters. The molecule has 2 aliphatic carbocycles. The van der Waals surface area contributed by atoms with Crippen LogP contribution >= 0.6 is 0 Å². The molecule has 0 N–H and O–H groups in total. The number of amides is 1. The number of fused-ring (bicyclic) bond motifs is 2. The third-order valence-electron chi connectivity index (χ3n) is 4.53. The lowest BCUT2D eigenvalue weighted by molar-refractivity contribution is -0.140. The van der Waals surface area contributed by atoms with Gasteiger partial charge in [-0.1, -0.05) is 0 Å². The molecule has 0 aromatic carbocycles. The summed E-state index contributed by atoms with van der Waals surface area (Å²) in [6.07, 6.45) is 4.79. The summed E-state index contributed by atoms with van der Waals surface area (Å²) in [6.45, 7) is 4.76. The van der Waals surface area contributed by atoms with Crippen LogP contribution in [0.1, 0.15) is 32.6 Å². The fourth-order valence-corrected chi connectivity index (χ4v) is 3.22. The maximum atomic E-state index is 12.3. The van der Waals surface area contributed by atoms with E-state index in [2.05, 4.69) is 0 Å². The zero-order chi connectivity index (χ0) is 13.9. The molecule has 1 heterocycles. The second-order valence-corrected chi connectivity index (χ2v) is 6.02. The predicted octanol–water partition coefficient (Wildman–Crippen LogP) is 1.21. The Morgan fingerprint density at radius 2 is 2.15 bits per heavy atom. The van der Waals surface area contributed by atoms with E-state index in [9.17, 15) is 4.79 Å². The van der Waals surface area contributed by atoms with E-state index in [1.165, 1.54) is 12.8 Å². The first kappa shape index (κ1) is 14.3. The van der Waals surface area contributed by atoms with E-state index in [0.717, 1.165) is 25.4 Å². The summed E-state index contributed by atoms with van der Waals surface area (Å²) in [5.41, 5.74) is 0. The minimum atomic E-state index is 0.0590. The minimum absolute atomic E-state index is 0.0590. The van der Waals surface area contributed by atoms with Gasteiger partial charge in [0.1, 0.15) is 12.7 Å². The third kappa shape index (κ3) is 3.15. The van der Waals surface area contributed by atoms with E-state index in [-0.39, 0.29) is 30.8 Å². The number of ether oxygens (including phenoxy) is 3. The van der Waals surface area contributed by atoms with Crippen molar-refractivity contribution in [2.75, 3.05) is 33.0 Å². The lowest BCUT2D eigenvalue weighted by Gasteiger charge is -2.31. The normalized spacial score (nSPS) is 33.2. The van der Waals surface area contributed by atoms with Gasteiger partial charge in [0.15, 0.2) is 0 Å². The summed E-state index contributed by atoms with van der Waals surface area (Å²) in [5, 5.41) is 0. The second kappa shape index (κ2) is 6.41. The fourth-order valence-electron chi connectivity index (χ4n) is 3.22. The average Bonchev–Trinajstić information content (AvgIpc) is 3.19. The van der Waals surface area contributed by atoms with Crippen molar-refractivity contribution in [3.63, 3.8) is 0 Å². The highest BCUT2D eigenvalue weighted by Crippen LogP contribution is 2.35. The van der Waals surface area contributed by atoms with Crippen molar-refractivity contribution in [2.24, 2.45) is 5.92 Å². The van der Waals surface area contributed by atoms with Crippen LogP contribution in [0.25, 0.3) is 0 Å². The number of hydrogen-bond donors (Lipinski definition) is 0. The summed E-state index contributed by atoms with van der Waals surface area (Å²) in [6, 6.07) is 0.175. The Balaban J connectivity index is 1.62. The van der Waals surface area contributed by atoms with Crippen molar-refractivity contribution in [3.8, 4) is 0 Å². The predicted molar refractivity (Wildman–Crippen MR) is 73.4 cm³/mol. The first-order valence-corrected chi connectivity index (χ1v) is 7.90. The highest BCUT2D eigenvalue weighted by atomic mass is 16.5. The molecule has 5 heteroatoms. The van der Waals surface area contributed by atoms with Gasteiger partial charge >= 0.3 is 0 Å². The zero-order valence-corrected chi connectivity index (χ0v) is 12.3. The smallest absolute Gasteiger partial charge is 0.248 e. The molecular weight excluding hydrogens is 258 g/mol. The number of carbonyl (C=O) groups is 1. The Kier molecular flexibility index (Phi) is 4.58. The van der Waals surface area contributed by atoms with Crippen LogP contribution < -0.4 is 0 Å². The van der Waals surface area contributed by atoms with Crippen molar-refractivity contribution in [1.29, 1.82) is 0 Å². The Bertz CT molecular complexity index is 345. The summed E-state index contributed by atoms with van der Waals surface area (Å²) in [4.78, 5) is 14.2. The van der Waals surface area contributed by atoms with Crippen LogP contribution in [0, 0.1) is 5.92 Å². The van der Waals surface area contributed by atoms with Gasteiger partial charge in [-0.2, -0.15) is 0 Å². The van der Waals surface area contributed by atoms with Gasteiger partial charge in [0.05, 0.1) is 18.8 Å². The van der Waals surface area contributed by atoms with Gasteiger partial charge in [0.25, 0.3) is 0 Å². The van der Waals surface area contributed by atoms with Crippen molar-refractivity contribution >= 4 is 5.91 Å². The van der Waals surface area contributed by atoms with Gasteiger partial charge < -0.3 is 19.1 Å². The molecule has 20 heavy (non-hydrogen) atoms. The number of carbonyl (C=O) groups excluding carboxylic acids is 1. The Morgan fingerprint density at radius 1 is 1.30 bits per heavy atom. The fraction of sp³-hybridized carbons (Fsp3) is 0.933. The monoisotopic (exact) mass is 283 g/mol. The molecule has 1 saturated heterocycles. The molecule has 0 aromatic rings. The Labute approximate surface area is 120 Å². The third-order valence-corrected chi connectivity index (χ3v) is 4.53. The molecule has 0 radical (unpaired) electrons. The highest BCUT2D eigenvalue weighted by Gasteiger charge is 2.45. The van der Waals surface area contributed by atoms with Crippen LogP contribution in [0.3, 0.4) is 0 Å². The first-order chi connectivity index (χ1) is 9.79. The van der Waals surface area contributed by atoms with Crippen molar-refractivity contribution < 1.29 is 19.0 Å². The van der Waals surface area contributed by atoms with Gasteiger partial charge in [-0.15, -0.1) is 0 Å². The maximum absolute atomic E-state index is 12.3. The van der Waals surface area contributed by atoms with Crippen LogP contribution in [0.5, 0.6) is 0 Å². The standard InChI is InChI=1S/C15H25NO4/c1-2-18-10-14(17)16-7-8-19-13-6-5-12(16)15(13)20-9-11-3-4-11/h11-13,15H,2-10H2,1H3/t12-,13-,15-/m0/s1. The lowest BCUT2D eigenvalue weighted by atomic mass is 10.1.